The van der Waals surface area contributed by atoms with Crippen LogP contribution in [0.1, 0.15) is 190 Å². The van der Waals surface area contributed by atoms with Gasteiger partial charge >= 0.3 is 0 Å². The van der Waals surface area contributed by atoms with Gasteiger partial charge in [-0.15, -0.1) is 0 Å². The molecule has 0 aliphatic heterocycles. The van der Waals surface area contributed by atoms with E-state index >= 15 is 0 Å². The summed E-state index contributed by atoms with van der Waals surface area (Å²) in [5.74, 6) is 0.0606. The number of rotatable bonds is 5. The molecule has 10 N–H and O–H groups in total. The number of carbonyl (C=O) groups excluding carboxylic acids is 5. The molecule has 11 nitrogen and oxygen atoms in total. The fourth-order valence-electron chi connectivity index (χ4n) is 4.09. The molecule has 0 unspecified atom stereocenters. The Hall–Kier alpha value is -5.25. The number of nitrogens with zero attached hydrogens (tertiary/aromatic N) is 1. The molecule has 437 valence electrons. The summed E-state index contributed by atoms with van der Waals surface area (Å²) in [7, 11) is 3.50. The third-order valence-corrected chi connectivity index (χ3v) is 6.70. The van der Waals surface area contributed by atoms with Crippen LogP contribution in [0.2, 0.25) is 0 Å². The van der Waals surface area contributed by atoms with Crippen LogP contribution in [0.5, 0.6) is 0 Å². The molecular weight excluding hydrogens is 1740 g/mol. The van der Waals surface area contributed by atoms with Gasteiger partial charge in [0.25, 0.3) is 0 Å². The number of para-hydroxylation sites is 5. The van der Waals surface area contributed by atoms with E-state index in [0.717, 1.165) is 0 Å². The average molecular weight is 1850 g/mol. The van der Waals surface area contributed by atoms with Crippen LogP contribution in [0.15, 0.2) is 121 Å². The summed E-state index contributed by atoms with van der Waals surface area (Å²) in [6.45, 7) is 40.5. The zero-order valence-corrected chi connectivity index (χ0v) is 66.7. The Labute approximate surface area is 507 Å². The van der Waals surface area contributed by atoms with Crippen molar-refractivity contribution in [2.75, 3.05) is 49.0 Å². The first-order valence-corrected chi connectivity index (χ1v) is 25.2. The van der Waals surface area contributed by atoms with Crippen molar-refractivity contribution in [3.8, 4) is 0 Å². The molecule has 0 amide bonds. The Kier molecular flexibility index (Phi) is 130. The minimum absolute atomic E-state index is 0. The maximum absolute atomic E-state index is 10.8. The van der Waals surface area contributed by atoms with E-state index in [-0.39, 0.29) is 97.6 Å². The van der Waals surface area contributed by atoms with Gasteiger partial charge in [0.15, 0.2) is 28.9 Å². The Bertz CT molecular complexity index is 1660. The molecule has 5 aromatic rings. The minimum Gasteiger partial charge on any atom is -0.796 e. The van der Waals surface area contributed by atoms with Gasteiger partial charge in [0.1, 0.15) is 0 Å². The fourth-order valence-corrected chi connectivity index (χ4v) is 4.09. The van der Waals surface area contributed by atoms with E-state index < -0.39 is 0 Å². The predicted octanol–water partition coefficient (Wildman–Crippen LogP) is 16.6. The van der Waals surface area contributed by atoms with Crippen molar-refractivity contribution in [3.63, 3.8) is 0 Å². The summed E-state index contributed by atoms with van der Waals surface area (Å²) in [5, 5.41) is 3.50. The monoisotopic (exact) mass is 1850 g/mol. The molecule has 0 fully saturated rings. The van der Waals surface area contributed by atoms with Crippen molar-refractivity contribution < 1.29 is 85.2 Å². The third-order valence-electron chi connectivity index (χ3n) is 6.70. The van der Waals surface area contributed by atoms with Gasteiger partial charge in [-0.1, -0.05) is 158 Å². The van der Waals surface area contributed by atoms with Crippen LogP contribution in [0.4, 0.5) is 28.4 Å². The molecule has 16 heteroatoms. The van der Waals surface area contributed by atoms with Gasteiger partial charge in [-0.05, 0) is 95.3 Å². The van der Waals surface area contributed by atoms with Crippen molar-refractivity contribution >= 4 is 70.0 Å². The Morgan fingerprint density at radius 2 is 0.408 bits per heavy atom. The summed E-state index contributed by atoms with van der Waals surface area (Å²) in [6, 6.07) is 35.2. The van der Waals surface area contributed by atoms with Crippen LogP contribution in [0.25, 0.3) is 5.32 Å². The van der Waals surface area contributed by atoms with E-state index in [0.29, 0.717) is 56.3 Å². The second kappa shape index (κ2) is 89.3. The Morgan fingerprint density at radius 1 is 0.329 bits per heavy atom. The molecule has 0 heterocycles. The number of nitrogens with two attached hydrogens (primary N) is 5. The molecule has 0 saturated carbocycles. The molecular formula is C60H104N6O5Re3RfS-4. The number of hydrogen-bond acceptors (Lipinski definition) is 11. The largest absolute Gasteiger partial charge is 0.796 e. The second-order valence-corrected chi connectivity index (χ2v) is 11.2. The first-order valence-electron chi connectivity index (χ1n) is 24.4. The normalized spacial score (nSPS) is 7.07. The van der Waals surface area contributed by atoms with E-state index in [9.17, 15) is 24.0 Å². The number of carbonyl (C=O) groups is 5. The van der Waals surface area contributed by atoms with Crippen LogP contribution < -0.4 is 28.7 Å². The molecule has 0 bridgehead atoms. The molecule has 3 radical (unpaired) electrons. The van der Waals surface area contributed by atoms with Crippen LogP contribution >= 0.6 is 0 Å². The number of hydrogen-bond donors (Lipinski definition) is 5. The quantitative estimate of drug-likeness (QED) is 0.0481. The van der Waals surface area contributed by atoms with E-state index in [1.165, 1.54) is 34.6 Å². The summed E-state index contributed by atoms with van der Waals surface area (Å²) in [5.41, 5.74) is 33.3. The molecule has 5 aromatic carbocycles. The smallest absolute Gasteiger partial charge is 0.161 e. The van der Waals surface area contributed by atoms with Crippen LogP contribution in [-0.2, 0) is 73.9 Å². The molecule has 76 heavy (non-hydrogen) atoms. The first-order chi connectivity index (χ1) is 34.0. The summed E-state index contributed by atoms with van der Waals surface area (Å²) < 4.78 is 0. The zero-order valence-electron chi connectivity index (χ0n) is 51.4. The van der Waals surface area contributed by atoms with Gasteiger partial charge in [0, 0.05) is 118 Å². The van der Waals surface area contributed by atoms with Gasteiger partial charge < -0.3 is 61.0 Å². The van der Waals surface area contributed by atoms with Crippen molar-refractivity contribution in [1.82, 2.24) is 0 Å². The SMILES string of the molecule is CC.CC.CC.CC.CC.CC.CC.CC(=O)c1ccccc1N.CC(=O)c1ccccc1N.CC(=O)c1ccccc1N.CC(=O)c1ccccc1N.CC(=O)c1ccccc1N.C[N-]C.C[S-].[CH2-]C.[CH3-].[Re].[Re].[Re].[Rf]. The van der Waals surface area contributed by atoms with Crippen molar-refractivity contribution in [1.29, 1.82) is 0 Å². The predicted molar refractivity (Wildman–Crippen MR) is 330 cm³/mol. The van der Waals surface area contributed by atoms with Crippen LogP contribution in [0.3, 0.4) is 0 Å². The standard InChI is InChI=1S/5C8H9NO.C2H6N.7C2H6.C2H5.CH4S.CH3.3Re.Rf/c5*1-6(10)7-4-2-3-5-8(7)9;1-3-2;9*1-2;;;;;/h5*2-5H,9H2,1H3;1-2H3;7*1-2H3;1H2,2H3;2H,1H3;1H3;;;;/q;;;;;-1;;;;;;;;-1;;-1;;;;/p-1. The summed E-state index contributed by atoms with van der Waals surface area (Å²) in [4.78, 5) is 53.9. The maximum Gasteiger partial charge on any atom is 0.161 e. The average Bonchev–Trinajstić information content (AvgIpc) is 3.40. The second-order valence-electron chi connectivity index (χ2n) is 11.2. The van der Waals surface area contributed by atoms with Gasteiger partial charge in [-0.3, -0.25) is 24.0 Å². The molecule has 0 atom stereocenters. The van der Waals surface area contributed by atoms with Crippen molar-refractivity contribution in [3.05, 3.63) is 169 Å². The van der Waals surface area contributed by atoms with Gasteiger partial charge in [-0.2, -0.15) is 27.3 Å². The number of Topliss-reactive ketones (excluding diaryl/α,β-unsaturated/α-hetero) is 5. The van der Waals surface area contributed by atoms with Gasteiger partial charge in [-0.25, -0.2) is 0 Å². The van der Waals surface area contributed by atoms with Crippen LogP contribution in [0, 0.1) is 14.4 Å². The molecule has 0 saturated heterocycles. The van der Waals surface area contributed by atoms with E-state index in [2.05, 4.69) is 24.9 Å². The van der Waals surface area contributed by atoms with Crippen molar-refractivity contribution in [2.45, 2.75) is 138 Å². The van der Waals surface area contributed by atoms with E-state index in [1.54, 1.807) is 118 Å². The molecule has 0 aliphatic carbocycles. The molecule has 0 aromatic heterocycles. The topological polar surface area (TPSA) is 230 Å². The van der Waals surface area contributed by atoms with E-state index in [1.807, 2.05) is 127 Å². The molecule has 5 rings (SSSR count). The Morgan fingerprint density at radius 3 is 0.461 bits per heavy atom. The van der Waals surface area contributed by atoms with Crippen LogP contribution in [-0.4, -0.2) is 49.3 Å². The number of benzene rings is 5. The van der Waals surface area contributed by atoms with Gasteiger partial charge in [0.2, 0.25) is 0 Å². The molecule has 0 spiro atoms. The molecule has 0 aliphatic rings. The Balaban J connectivity index is -0.0000000425. The summed E-state index contributed by atoms with van der Waals surface area (Å²) in [6.07, 6.45) is 1.58. The number of nitrogen functional groups attached to an aromatic ring is 5. The first kappa shape index (κ1) is 111. The summed E-state index contributed by atoms with van der Waals surface area (Å²) >= 11 is 4.08. The number of anilines is 5. The van der Waals surface area contributed by atoms with E-state index in [4.69, 9.17) is 28.7 Å². The van der Waals surface area contributed by atoms with Crippen molar-refractivity contribution in [2.24, 2.45) is 0 Å². The zero-order chi connectivity index (χ0) is 58.5. The minimum atomic E-state index is 0. The fraction of sp³-hybridized carbons (Fsp3) is 0.383. The van der Waals surface area contributed by atoms with Gasteiger partial charge in [0.05, 0.1) is 0 Å². The maximum atomic E-state index is 10.8. The number of ketones is 5. The third kappa shape index (κ3) is 64.9.